The van der Waals surface area contributed by atoms with Crippen molar-refractivity contribution in [2.75, 3.05) is 0 Å². The molecule has 0 aromatic heterocycles. The van der Waals surface area contributed by atoms with Gasteiger partial charge in [-0.3, -0.25) is 9.59 Å². The normalized spacial score (nSPS) is 24.3. The first-order valence-electron chi connectivity index (χ1n) is 10.4. The fourth-order valence-electron chi connectivity index (χ4n) is 3.76. The van der Waals surface area contributed by atoms with Crippen molar-refractivity contribution >= 4 is 11.9 Å². The van der Waals surface area contributed by atoms with Gasteiger partial charge >= 0.3 is 11.9 Å². The summed E-state index contributed by atoms with van der Waals surface area (Å²) in [7, 11) is 0. The van der Waals surface area contributed by atoms with E-state index in [1.807, 2.05) is 13.0 Å². The van der Waals surface area contributed by atoms with Crippen LogP contribution in [0.3, 0.4) is 0 Å². The predicted molar refractivity (Wildman–Crippen MR) is 114 cm³/mol. The monoisotopic (exact) mass is 390 g/mol. The van der Waals surface area contributed by atoms with Crippen molar-refractivity contribution in [1.29, 1.82) is 0 Å². The lowest BCUT2D eigenvalue weighted by Gasteiger charge is -2.32. The van der Waals surface area contributed by atoms with Gasteiger partial charge in [0.05, 0.1) is 0 Å². The highest BCUT2D eigenvalue weighted by molar-refractivity contribution is 5.67. The van der Waals surface area contributed by atoms with Crippen LogP contribution in [0, 0.1) is 11.8 Å². The average molecular weight is 391 g/mol. The van der Waals surface area contributed by atoms with E-state index in [1.54, 1.807) is 0 Å². The summed E-state index contributed by atoms with van der Waals surface area (Å²) in [6.07, 6.45) is 10.5. The minimum atomic E-state index is -0.315. The molecule has 0 unspecified atom stereocenters. The third kappa shape index (κ3) is 8.90. The van der Waals surface area contributed by atoms with E-state index in [0.29, 0.717) is 12.3 Å². The molecule has 0 saturated heterocycles. The molecule has 4 nitrogen and oxygen atoms in total. The molecule has 0 radical (unpaired) electrons. The number of hydrogen-bond acceptors (Lipinski definition) is 4. The zero-order valence-corrected chi connectivity index (χ0v) is 18.7. The first-order chi connectivity index (χ1) is 13.1. The van der Waals surface area contributed by atoms with E-state index in [0.717, 1.165) is 31.3 Å². The summed E-state index contributed by atoms with van der Waals surface area (Å²) < 4.78 is 11.3. The lowest BCUT2D eigenvalue weighted by molar-refractivity contribution is -0.148. The molecule has 0 bridgehead atoms. The Morgan fingerprint density at radius 1 is 1.14 bits per heavy atom. The van der Waals surface area contributed by atoms with E-state index >= 15 is 0 Å². The van der Waals surface area contributed by atoms with Crippen molar-refractivity contribution in [3.63, 3.8) is 0 Å². The second-order valence-electron chi connectivity index (χ2n) is 8.41. The molecular formula is C24H38O4. The zero-order valence-electron chi connectivity index (χ0n) is 18.7. The fourth-order valence-corrected chi connectivity index (χ4v) is 3.76. The molecule has 1 aliphatic rings. The summed E-state index contributed by atoms with van der Waals surface area (Å²) in [6, 6.07) is 0. The molecule has 0 saturated carbocycles. The van der Waals surface area contributed by atoms with Gasteiger partial charge in [-0.05, 0) is 70.9 Å². The summed E-state index contributed by atoms with van der Waals surface area (Å²) in [5, 5.41) is 0. The molecule has 0 aromatic carbocycles. The van der Waals surface area contributed by atoms with Gasteiger partial charge in [0.1, 0.15) is 12.2 Å². The molecule has 1 aliphatic carbocycles. The Morgan fingerprint density at radius 3 is 2.36 bits per heavy atom. The molecule has 0 heterocycles. The predicted octanol–water partition coefficient (Wildman–Crippen LogP) is 5.93. The largest absolute Gasteiger partial charge is 0.458 e. The smallest absolute Gasteiger partial charge is 0.303 e. The maximum Gasteiger partial charge on any atom is 0.303 e. The van der Waals surface area contributed by atoms with Crippen LogP contribution in [0.1, 0.15) is 80.6 Å². The number of allylic oxidation sites excluding steroid dienone is 3. The Bertz CT molecular complexity index is 623. The Hall–Kier alpha value is -1.84. The van der Waals surface area contributed by atoms with Crippen LogP contribution in [-0.4, -0.2) is 24.1 Å². The molecule has 0 aromatic rings. The second kappa shape index (κ2) is 11.9. The van der Waals surface area contributed by atoms with Gasteiger partial charge in [-0.25, -0.2) is 0 Å². The quantitative estimate of drug-likeness (QED) is 0.417. The van der Waals surface area contributed by atoms with Crippen LogP contribution >= 0.6 is 0 Å². The second-order valence-corrected chi connectivity index (χ2v) is 8.41. The van der Waals surface area contributed by atoms with Gasteiger partial charge in [-0.1, -0.05) is 30.2 Å². The molecule has 0 spiro atoms. The van der Waals surface area contributed by atoms with E-state index < -0.39 is 0 Å². The molecule has 4 atom stereocenters. The maximum absolute atomic E-state index is 11.8. The fraction of sp³-hybridized carbons (Fsp3) is 0.667. The van der Waals surface area contributed by atoms with Gasteiger partial charge in [0.25, 0.3) is 0 Å². The Kier molecular flexibility index (Phi) is 10.3. The minimum Gasteiger partial charge on any atom is -0.458 e. The Balaban J connectivity index is 3.18. The SMILES string of the molecule is CC(=O)O[C@H]1CC=C(C)CC[C@@H]([C@H](C)CCC=C(C)C)[C@@H](OC(C)=O)C=C1C. The molecule has 0 amide bonds. The third-order valence-corrected chi connectivity index (χ3v) is 5.43. The first kappa shape index (κ1) is 24.2. The van der Waals surface area contributed by atoms with Crippen LogP contribution < -0.4 is 0 Å². The molecule has 0 fully saturated rings. The standard InChI is InChI=1S/C24H38O4/c1-16(2)9-8-10-18(4)22-13-11-17(3)12-14-23(27-20(6)25)19(5)15-24(22)28-21(7)26/h9,12,15,18,22-24H,8,10-11,13-14H2,1-7H3/t18-,22+,23+,24+/m1/s1. The number of ether oxygens (including phenoxy) is 2. The minimum absolute atomic E-state index is 0.226. The van der Waals surface area contributed by atoms with Gasteiger partial charge in [0.2, 0.25) is 0 Å². The molecule has 158 valence electrons. The first-order valence-corrected chi connectivity index (χ1v) is 10.4. The maximum atomic E-state index is 11.8. The lowest BCUT2D eigenvalue weighted by atomic mass is 9.80. The van der Waals surface area contributed by atoms with Crippen molar-refractivity contribution in [3.05, 3.63) is 34.9 Å². The lowest BCUT2D eigenvalue weighted by Crippen LogP contribution is -2.31. The molecule has 0 aliphatic heterocycles. The molecule has 1 rings (SSSR count). The summed E-state index contributed by atoms with van der Waals surface area (Å²) >= 11 is 0. The highest BCUT2D eigenvalue weighted by Gasteiger charge is 2.29. The summed E-state index contributed by atoms with van der Waals surface area (Å²) in [6.45, 7) is 13.5. The molecular weight excluding hydrogens is 352 g/mol. The van der Waals surface area contributed by atoms with Crippen LogP contribution in [0.2, 0.25) is 0 Å². The number of rotatable bonds is 6. The van der Waals surface area contributed by atoms with Crippen LogP contribution in [-0.2, 0) is 19.1 Å². The van der Waals surface area contributed by atoms with Crippen LogP contribution in [0.4, 0.5) is 0 Å². The number of carbonyl (C=O) groups excluding carboxylic acids is 2. The van der Waals surface area contributed by atoms with Gasteiger partial charge < -0.3 is 9.47 Å². The van der Waals surface area contributed by atoms with Crippen molar-refractivity contribution < 1.29 is 19.1 Å². The number of esters is 2. The molecule has 28 heavy (non-hydrogen) atoms. The molecule has 4 heteroatoms. The van der Waals surface area contributed by atoms with E-state index in [9.17, 15) is 9.59 Å². The van der Waals surface area contributed by atoms with Crippen molar-refractivity contribution in [2.24, 2.45) is 11.8 Å². The van der Waals surface area contributed by atoms with Gasteiger partial charge in [0.15, 0.2) is 0 Å². The van der Waals surface area contributed by atoms with E-state index in [1.165, 1.54) is 25.0 Å². The van der Waals surface area contributed by atoms with Crippen molar-refractivity contribution in [3.8, 4) is 0 Å². The van der Waals surface area contributed by atoms with Crippen LogP contribution in [0.25, 0.3) is 0 Å². The summed E-state index contributed by atoms with van der Waals surface area (Å²) in [5.74, 6) is 0.0627. The number of carbonyl (C=O) groups is 2. The highest BCUT2D eigenvalue weighted by atomic mass is 16.5. The van der Waals surface area contributed by atoms with Gasteiger partial charge in [-0.2, -0.15) is 0 Å². The zero-order chi connectivity index (χ0) is 21.3. The summed E-state index contributed by atoms with van der Waals surface area (Å²) in [5.41, 5.74) is 3.55. The van der Waals surface area contributed by atoms with Crippen LogP contribution in [0.5, 0.6) is 0 Å². The van der Waals surface area contributed by atoms with Crippen LogP contribution in [0.15, 0.2) is 34.9 Å². The van der Waals surface area contributed by atoms with Crippen molar-refractivity contribution in [1.82, 2.24) is 0 Å². The number of hydrogen-bond donors (Lipinski definition) is 0. The Labute approximate surface area is 171 Å². The average Bonchev–Trinajstić information content (AvgIpc) is 2.56. The van der Waals surface area contributed by atoms with Gasteiger partial charge in [-0.15, -0.1) is 0 Å². The van der Waals surface area contributed by atoms with E-state index in [4.69, 9.17) is 9.47 Å². The highest BCUT2D eigenvalue weighted by Crippen LogP contribution is 2.32. The van der Waals surface area contributed by atoms with E-state index in [-0.39, 0.29) is 30.1 Å². The topological polar surface area (TPSA) is 52.6 Å². The van der Waals surface area contributed by atoms with Gasteiger partial charge in [0, 0.05) is 26.2 Å². The van der Waals surface area contributed by atoms with Crippen molar-refractivity contribution in [2.45, 2.75) is 92.8 Å². The molecule has 0 N–H and O–H groups in total. The van der Waals surface area contributed by atoms with E-state index in [2.05, 4.69) is 39.8 Å². The third-order valence-electron chi connectivity index (χ3n) is 5.43. The Morgan fingerprint density at radius 2 is 1.79 bits per heavy atom. The summed E-state index contributed by atoms with van der Waals surface area (Å²) in [4.78, 5) is 23.3.